The van der Waals surface area contributed by atoms with Crippen LogP contribution in [0, 0.1) is 0 Å². The van der Waals surface area contributed by atoms with E-state index in [1.54, 1.807) is 9.58 Å². The highest BCUT2D eigenvalue weighted by Crippen LogP contribution is 2.19. The SMILES string of the molecule is CC(=O)Nc1ccc(-n2cc(COC3CCN(C(=O)OC(C)(C)C)CC3)nn2)cc1. The van der Waals surface area contributed by atoms with Gasteiger partial charge in [-0.1, -0.05) is 5.21 Å². The lowest BCUT2D eigenvalue weighted by atomic mass is 10.1. The van der Waals surface area contributed by atoms with Gasteiger partial charge in [0.2, 0.25) is 5.91 Å². The maximum absolute atomic E-state index is 12.1. The summed E-state index contributed by atoms with van der Waals surface area (Å²) in [5.41, 5.74) is 1.82. The van der Waals surface area contributed by atoms with E-state index >= 15 is 0 Å². The van der Waals surface area contributed by atoms with E-state index in [-0.39, 0.29) is 18.1 Å². The molecule has 30 heavy (non-hydrogen) atoms. The minimum Gasteiger partial charge on any atom is -0.444 e. The molecule has 0 radical (unpaired) electrons. The molecule has 2 heterocycles. The van der Waals surface area contributed by atoms with E-state index in [2.05, 4.69) is 15.6 Å². The number of piperidine rings is 1. The van der Waals surface area contributed by atoms with Crippen LogP contribution in [0.2, 0.25) is 0 Å². The van der Waals surface area contributed by atoms with Crippen LogP contribution in [0.5, 0.6) is 0 Å². The molecule has 0 bridgehead atoms. The molecular formula is C21H29N5O4. The molecule has 2 amide bonds. The highest BCUT2D eigenvalue weighted by molar-refractivity contribution is 5.88. The number of benzene rings is 1. The summed E-state index contributed by atoms with van der Waals surface area (Å²) in [7, 11) is 0. The Morgan fingerprint density at radius 3 is 2.43 bits per heavy atom. The number of amides is 2. The highest BCUT2D eigenvalue weighted by atomic mass is 16.6. The average Bonchev–Trinajstić information content (AvgIpc) is 3.14. The van der Waals surface area contributed by atoms with Crippen molar-refractivity contribution in [3.63, 3.8) is 0 Å². The van der Waals surface area contributed by atoms with Crippen LogP contribution in [-0.4, -0.2) is 56.7 Å². The quantitative estimate of drug-likeness (QED) is 0.806. The van der Waals surface area contributed by atoms with E-state index < -0.39 is 5.60 Å². The monoisotopic (exact) mass is 415 g/mol. The van der Waals surface area contributed by atoms with Crippen molar-refractivity contribution in [1.82, 2.24) is 19.9 Å². The summed E-state index contributed by atoms with van der Waals surface area (Å²) >= 11 is 0. The molecule has 9 nitrogen and oxygen atoms in total. The van der Waals surface area contributed by atoms with Crippen LogP contribution < -0.4 is 5.32 Å². The molecule has 1 saturated heterocycles. The predicted octanol–water partition coefficient (Wildman–Crippen LogP) is 3.14. The maximum atomic E-state index is 12.1. The zero-order valence-electron chi connectivity index (χ0n) is 17.9. The van der Waals surface area contributed by atoms with Crippen LogP contribution in [0.4, 0.5) is 10.5 Å². The number of carbonyl (C=O) groups excluding carboxylic acids is 2. The van der Waals surface area contributed by atoms with Crippen molar-refractivity contribution in [2.75, 3.05) is 18.4 Å². The topological polar surface area (TPSA) is 98.6 Å². The average molecular weight is 415 g/mol. The molecular weight excluding hydrogens is 386 g/mol. The third kappa shape index (κ3) is 6.28. The van der Waals surface area contributed by atoms with Gasteiger partial charge in [-0.15, -0.1) is 5.10 Å². The second-order valence-corrected chi connectivity index (χ2v) is 8.36. The Hall–Kier alpha value is -2.94. The molecule has 0 atom stereocenters. The van der Waals surface area contributed by atoms with Gasteiger partial charge in [0.1, 0.15) is 11.3 Å². The molecule has 0 spiro atoms. The molecule has 1 N–H and O–H groups in total. The van der Waals surface area contributed by atoms with Gasteiger partial charge in [0.25, 0.3) is 0 Å². The Labute approximate surface area is 176 Å². The lowest BCUT2D eigenvalue weighted by Crippen LogP contribution is -2.43. The molecule has 0 saturated carbocycles. The van der Waals surface area contributed by atoms with Crippen LogP contribution in [0.1, 0.15) is 46.2 Å². The van der Waals surface area contributed by atoms with Gasteiger partial charge in [-0.3, -0.25) is 4.79 Å². The van der Waals surface area contributed by atoms with Gasteiger partial charge < -0.3 is 19.7 Å². The van der Waals surface area contributed by atoms with Gasteiger partial charge in [-0.05, 0) is 57.9 Å². The molecule has 0 unspecified atom stereocenters. The van der Waals surface area contributed by atoms with Gasteiger partial charge in [-0.25, -0.2) is 9.48 Å². The van der Waals surface area contributed by atoms with Gasteiger partial charge in [0.05, 0.1) is 24.6 Å². The van der Waals surface area contributed by atoms with E-state index in [9.17, 15) is 9.59 Å². The minimum atomic E-state index is -0.486. The fourth-order valence-electron chi connectivity index (χ4n) is 3.13. The molecule has 1 fully saturated rings. The molecule has 162 valence electrons. The summed E-state index contributed by atoms with van der Waals surface area (Å²) in [4.78, 5) is 25.0. The molecule has 1 aromatic carbocycles. The third-order valence-electron chi connectivity index (χ3n) is 4.55. The molecule has 0 aliphatic carbocycles. The van der Waals surface area contributed by atoms with Crippen LogP contribution in [0.15, 0.2) is 30.5 Å². The Bertz CT molecular complexity index is 864. The first-order chi connectivity index (χ1) is 14.2. The second kappa shape index (κ2) is 9.25. The maximum Gasteiger partial charge on any atom is 0.410 e. The lowest BCUT2D eigenvalue weighted by molar-refractivity contribution is -0.114. The molecule has 9 heteroatoms. The van der Waals surface area contributed by atoms with Crippen LogP contribution in [0.25, 0.3) is 5.69 Å². The number of hydrogen-bond donors (Lipinski definition) is 1. The van der Waals surface area contributed by atoms with E-state index in [1.807, 2.05) is 51.2 Å². The van der Waals surface area contributed by atoms with E-state index in [4.69, 9.17) is 9.47 Å². The number of nitrogens with one attached hydrogen (secondary N) is 1. The summed E-state index contributed by atoms with van der Waals surface area (Å²) in [6.45, 7) is 8.67. The summed E-state index contributed by atoms with van der Waals surface area (Å²) in [6.07, 6.45) is 3.15. The van der Waals surface area contributed by atoms with Gasteiger partial charge in [0.15, 0.2) is 0 Å². The van der Waals surface area contributed by atoms with Crippen LogP contribution in [-0.2, 0) is 20.9 Å². The smallest absolute Gasteiger partial charge is 0.410 e. The van der Waals surface area contributed by atoms with E-state index in [0.29, 0.717) is 19.7 Å². The number of nitrogens with zero attached hydrogens (tertiary/aromatic N) is 4. The Balaban J connectivity index is 1.46. The number of rotatable bonds is 5. The van der Waals surface area contributed by atoms with Gasteiger partial charge in [0, 0.05) is 25.7 Å². The first-order valence-electron chi connectivity index (χ1n) is 10.1. The van der Waals surface area contributed by atoms with Crippen molar-refractivity contribution in [1.29, 1.82) is 0 Å². The predicted molar refractivity (Wildman–Crippen MR) is 111 cm³/mol. The zero-order valence-corrected chi connectivity index (χ0v) is 17.9. The van der Waals surface area contributed by atoms with Gasteiger partial charge >= 0.3 is 6.09 Å². The Morgan fingerprint density at radius 2 is 1.83 bits per heavy atom. The number of anilines is 1. The number of likely N-dealkylation sites (tertiary alicyclic amines) is 1. The molecule has 2 aromatic rings. The Morgan fingerprint density at radius 1 is 1.17 bits per heavy atom. The first-order valence-corrected chi connectivity index (χ1v) is 10.1. The molecule has 1 aliphatic heterocycles. The summed E-state index contributed by atoms with van der Waals surface area (Å²) < 4.78 is 13.1. The van der Waals surface area contributed by atoms with E-state index in [0.717, 1.165) is 29.9 Å². The Kier molecular flexibility index (Phi) is 6.71. The fourth-order valence-corrected chi connectivity index (χ4v) is 3.13. The number of aromatic nitrogens is 3. The van der Waals surface area contributed by atoms with Crippen molar-refractivity contribution in [2.24, 2.45) is 0 Å². The fraction of sp³-hybridized carbons (Fsp3) is 0.524. The van der Waals surface area contributed by atoms with E-state index in [1.165, 1.54) is 6.92 Å². The van der Waals surface area contributed by atoms with Crippen molar-refractivity contribution < 1.29 is 19.1 Å². The van der Waals surface area contributed by atoms with Crippen molar-refractivity contribution >= 4 is 17.7 Å². The van der Waals surface area contributed by atoms with Crippen molar-refractivity contribution in [3.05, 3.63) is 36.2 Å². The van der Waals surface area contributed by atoms with Crippen molar-refractivity contribution in [2.45, 2.75) is 58.8 Å². The number of ether oxygens (including phenoxy) is 2. The second-order valence-electron chi connectivity index (χ2n) is 8.36. The zero-order chi connectivity index (χ0) is 21.7. The minimum absolute atomic E-state index is 0.0748. The standard InChI is InChI=1S/C21H29N5O4/c1-15(27)22-16-5-7-18(8-6-16)26-13-17(23-24-26)14-29-19-9-11-25(12-10-19)20(28)30-21(2,3)4/h5-8,13,19H,9-12,14H2,1-4H3,(H,22,27). The molecule has 1 aliphatic rings. The highest BCUT2D eigenvalue weighted by Gasteiger charge is 2.27. The number of hydrogen-bond acceptors (Lipinski definition) is 6. The lowest BCUT2D eigenvalue weighted by Gasteiger charge is -2.33. The van der Waals surface area contributed by atoms with Crippen molar-refractivity contribution in [3.8, 4) is 5.69 Å². The summed E-state index contributed by atoms with van der Waals surface area (Å²) in [5.74, 6) is -0.111. The third-order valence-corrected chi connectivity index (χ3v) is 4.55. The summed E-state index contributed by atoms with van der Waals surface area (Å²) in [5, 5.41) is 11.0. The number of carbonyl (C=O) groups is 2. The van der Waals surface area contributed by atoms with Crippen LogP contribution >= 0.6 is 0 Å². The largest absolute Gasteiger partial charge is 0.444 e. The summed E-state index contributed by atoms with van der Waals surface area (Å²) in [6, 6.07) is 7.34. The normalized spacial score (nSPS) is 15.1. The van der Waals surface area contributed by atoms with Gasteiger partial charge in [-0.2, -0.15) is 0 Å². The first kappa shape index (κ1) is 21.8. The van der Waals surface area contributed by atoms with Crippen LogP contribution in [0.3, 0.4) is 0 Å². The molecule has 3 rings (SSSR count). The molecule has 1 aromatic heterocycles.